The zero-order valence-corrected chi connectivity index (χ0v) is 19.3. The molecule has 1 N–H and O–H groups in total. The van der Waals surface area contributed by atoms with Crippen LogP contribution in [0.25, 0.3) is 22.3 Å². The van der Waals surface area contributed by atoms with Gasteiger partial charge < -0.3 is 9.73 Å². The highest BCUT2D eigenvalue weighted by molar-refractivity contribution is 7.93. The summed E-state index contributed by atoms with van der Waals surface area (Å²) < 4.78 is 31.8. The number of nitrogens with one attached hydrogen (secondary N) is 1. The number of amides is 1. The number of fused-ring (bicyclic) bond motifs is 1. The van der Waals surface area contributed by atoms with Crippen LogP contribution in [0.3, 0.4) is 0 Å². The molecular formula is C26H22N2O5S. The van der Waals surface area contributed by atoms with E-state index in [4.69, 9.17) is 4.42 Å². The number of hydrogen-bond donors (Lipinski definition) is 1. The Morgan fingerprint density at radius 2 is 1.71 bits per heavy atom. The first-order chi connectivity index (χ1) is 16.3. The fourth-order valence-corrected chi connectivity index (χ4v) is 5.76. The fraction of sp³-hybridized carbons (Fsp3) is 0.154. The Morgan fingerprint density at radius 1 is 0.971 bits per heavy atom. The highest BCUT2D eigenvalue weighted by atomic mass is 32.2. The molecule has 0 aliphatic carbocycles. The Labute approximate surface area is 196 Å². The first kappa shape index (κ1) is 21.9. The van der Waals surface area contributed by atoms with E-state index in [1.807, 2.05) is 30.3 Å². The van der Waals surface area contributed by atoms with E-state index in [0.717, 1.165) is 5.56 Å². The first-order valence-electron chi connectivity index (χ1n) is 10.9. The van der Waals surface area contributed by atoms with Gasteiger partial charge in [-0.05, 0) is 49.7 Å². The molecular weight excluding hydrogens is 452 g/mol. The average Bonchev–Trinajstić information content (AvgIpc) is 3.20. The van der Waals surface area contributed by atoms with Crippen molar-refractivity contribution in [1.82, 2.24) is 0 Å². The van der Waals surface area contributed by atoms with Gasteiger partial charge in [-0.1, -0.05) is 36.4 Å². The molecule has 1 saturated heterocycles. The zero-order chi connectivity index (χ0) is 23.9. The summed E-state index contributed by atoms with van der Waals surface area (Å²) in [5.74, 6) is 0.134. The third-order valence-electron chi connectivity index (χ3n) is 5.94. The molecule has 0 saturated carbocycles. The number of carbonyl (C=O) groups excluding carboxylic acids is 1. The lowest BCUT2D eigenvalue weighted by atomic mass is 10.0. The van der Waals surface area contributed by atoms with E-state index in [-0.39, 0.29) is 22.3 Å². The van der Waals surface area contributed by atoms with E-state index in [9.17, 15) is 18.0 Å². The van der Waals surface area contributed by atoms with E-state index in [2.05, 4.69) is 5.32 Å². The number of rotatable bonds is 4. The van der Waals surface area contributed by atoms with Crippen LogP contribution in [-0.2, 0) is 10.0 Å². The van der Waals surface area contributed by atoms with Crippen molar-refractivity contribution in [2.75, 3.05) is 21.9 Å². The van der Waals surface area contributed by atoms with Crippen LogP contribution in [0.2, 0.25) is 0 Å². The highest BCUT2D eigenvalue weighted by Crippen LogP contribution is 2.29. The summed E-state index contributed by atoms with van der Waals surface area (Å²) in [4.78, 5) is 26.2. The normalized spacial score (nSPS) is 14.9. The maximum atomic E-state index is 13.1. The summed E-state index contributed by atoms with van der Waals surface area (Å²) in [6.45, 7) is 2.16. The molecule has 0 atom stereocenters. The number of carbonyl (C=O) groups is 1. The van der Waals surface area contributed by atoms with Crippen molar-refractivity contribution < 1.29 is 17.6 Å². The molecule has 7 nitrogen and oxygen atoms in total. The van der Waals surface area contributed by atoms with Gasteiger partial charge in [0, 0.05) is 23.4 Å². The Bertz CT molecular complexity index is 1560. The van der Waals surface area contributed by atoms with Crippen molar-refractivity contribution in [2.45, 2.75) is 13.3 Å². The van der Waals surface area contributed by atoms with E-state index in [1.165, 1.54) is 4.31 Å². The molecule has 1 aromatic heterocycles. The summed E-state index contributed by atoms with van der Waals surface area (Å²) in [6, 6.07) is 20.8. The minimum absolute atomic E-state index is 0.141. The zero-order valence-electron chi connectivity index (χ0n) is 18.4. The predicted molar refractivity (Wildman–Crippen MR) is 133 cm³/mol. The molecule has 34 heavy (non-hydrogen) atoms. The molecule has 0 unspecified atom stereocenters. The number of sulfonamides is 1. The number of nitrogens with zero attached hydrogens (tertiary/aromatic N) is 1. The van der Waals surface area contributed by atoms with Crippen LogP contribution >= 0.6 is 0 Å². The number of anilines is 2. The van der Waals surface area contributed by atoms with E-state index >= 15 is 0 Å². The molecule has 1 amide bonds. The lowest BCUT2D eigenvalue weighted by Gasteiger charge is -2.17. The Balaban J connectivity index is 1.49. The van der Waals surface area contributed by atoms with Gasteiger partial charge in [0.1, 0.15) is 5.76 Å². The molecule has 4 aromatic rings. The fourth-order valence-electron chi connectivity index (χ4n) is 4.19. The van der Waals surface area contributed by atoms with Crippen molar-refractivity contribution >= 4 is 38.3 Å². The second-order valence-corrected chi connectivity index (χ2v) is 10.2. The molecule has 8 heteroatoms. The summed E-state index contributed by atoms with van der Waals surface area (Å²) in [7, 11) is -3.27. The smallest absolute Gasteiger partial charge is 0.259 e. The number of hydrogen-bond acceptors (Lipinski definition) is 5. The summed E-state index contributed by atoms with van der Waals surface area (Å²) >= 11 is 0. The SMILES string of the molecule is Cc1c(-c2ccccc2)oc2c(C(=O)Nc3ccc(N4CCCS4(=O)=O)cc3)cccc2c1=O. The maximum absolute atomic E-state index is 13.1. The van der Waals surface area contributed by atoms with Gasteiger partial charge in [0.05, 0.1) is 22.4 Å². The third kappa shape index (κ3) is 3.86. The monoisotopic (exact) mass is 474 g/mol. The summed E-state index contributed by atoms with van der Waals surface area (Å²) in [6.07, 6.45) is 0.595. The van der Waals surface area contributed by atoms with Crippen molar-refractivity contribution in [3.63, 3.8) is 0 Å². The molecule has 1 aliphatic rings. The molecule has 1 aliphatic heterocycles. The van der Waals surface area contributed by atoms with Crippen LogP contribution in [0.1, 0.15) is 22.3 Å². The molecule has 3 aromatic carbocycles. The standard InChI is InChI=1S/C26H22N2O5S/c1-17-23(29)21-9-5-10-22(25(21)33-24(17)18-7-3-2-4-8-18)26(30)27-19-11-13-20(14-12-19)28-15-6-16-34(28,31)32/h2-5,7-14H,6,15-16H2,1H3,(H,27,30). The molecule has 5 rings (SSSR count). The minimum Gasteiger partial charge on any atom is -0.455 e. The topological polar surface area (TPSA) is 96.7 Å². The Kier molecular flexibility index (Phi) is 5.45. The molecule has 2 heterocycles. The van der Waals surface area contributed by atoms with E-state index in [0.29, 0.717) is 41.1 Å². The second kappa shape index (κ2) is 8.46. The molecule has 0 spiro atoms. The van der Waals surface area contributed by atoms with Gasteiger partial charge in [0.25, 0.3) is 5.91 Å². The number of para-hydroxylation sites is 1. The lowest BCUT2D eigenvalue weighted by Crippen LogP contribution is -2.25. The van der Waals surface area contributed by atoms with Crippen LogP contribution in [0.5, 0.6) is 0 Å². The lowest BCUT2D eigenvalue weighted by molar-refractivity contribution is 0.102. The van der Waals surface area contributed by atoms with Crippen molar-refractivity contribution in [1.29, 1.82) is 0 Å². The van der Waals surface area contributed by atoms with Gasteiger partial charge in [-0.25, -0.2) is 8.42 Å². The first-order valence-corrected chi connectivity index (χ1v) is 12.5. The van der Waals surface area contributed by atoms with Crippen molar-refractivity contribution in [3.8, 4) is 11.3 Å². The van der Waals surface area contributed by atoms with Crippen molar-refractivity contribution in [2.24, 2.45) is 0 Å². The maximum Gasteiger partial charge on any atom is 0.259 e. The van der Waals surface area contributed by atoms with Gasteiger partial charge in [-0.3, -0.25) is 13.9 Å². The largest absolute Gasteiger partial charge is 0.455 e. The predicted octanol–water partition coefficient (Wildman–Crippen LogP) is 4.56. The van der Waals surface area contributed by atoms with E-state index < -0.39 is 15.9 Å². The molecule has 0 radical (unpaired) electrons. The van der Waals surface area contributed by atoms with Gasteiger partial charge in [-0.15, -0.1) is 0 Å². The van der Waals surface area contributed by atoms with E-state index in [1.54, 1.807) is 49.4 Å². The molecule has 172 valence electrons. The second-order valence-electron chi connectivity index (χ2n) is 8.18. The number of benzene rings is 3. The van der Waals surface area contributed by atoms with Crippen LogP contribution in [0, 0.1) is 6.92 Å². The summed E-state index contributed by atoms with van der Waals surface area (Å²) in [5, 5.41) is 3.15. The van der Waals surface area contributed by atoms with Crippen LogP contribution < -0.4 is 15.1 Å². The van der Waals surface area contributed by atoms with Crippen LogP contribution in [0.15, 0.2) is 82.0 Å². The van der Waals surface area contributed by atoms with Gasteiger partial charge >= 0.3 is 0 Å². The van der Waals surface area contributed by atoms with Gasteiger partial charge in [0.15, 0.2) is 11.0 Å². The molecule has 0 bridgehead atoms. The van der Waals surface area contributed by atoms with Crippen molar-refractivity contribution in [3.05, 3.63) is 94.1 Å². The third-order valence-corrected chi connectivity index (χ3v) is 7.81. The quantitative estimate of drug-likeness (QED) is 0.468. The Morgan fingerprint density at radius 3 is 2.38 bits per heavy atom. The van der Waals surface area contributed by atoms with Gasteiger partial charge in [0.2, 0.25) is 10.0 Å². The minimum atomic E-state index is -3.27. The van der Waals surface area contributed by atoms with Crippen LogP contribution in [0.4, 0.5) is 11.4 Å². The highest BCUT2D eigenvalue weighted by Gasteiger charge is 2.28. The summed E-state index contributed by atoms with van der Waals surface area (Å²) in [5.41, 5.74) is 2.55. The average molecular weight is 475 g/mol. The van der Waals surface area contributed by atoms with Gasteiger partial charge in [-0.2, -0.15) is 0 Å². The Hall–Kier alpha value is -3.91. The van der Waals surface area contributed by atoms with Crippen LogP contribution in [-0.4, -0.2) is 26.6 Å². The molecule has 1 fully saturated rings.